The molecule has 0 unspecified atom stereocenters. The maximum atomic E-state index is 12.3. The number of carbonyl (C=O) groups is 1. The monoisotopic (exact) mass is 375 g/mol. The van der Waals surface area contributed by atoms with Crippen LogP contribution in [0.1, 0.15) is 52.2 Å². The van der Waals surface area contributed by atoms with Crippen molar-refractivity contribution in [2.75, 3.05) is 12.4 Å². The first kappa shape index (κ1) is 17.8. The topological polar surface area (TPSA) is 63.2 Å². The van der Waals surface area contributed by atoms with Crippen LogP contribution in [0.3, 0.4) is 0 Å². The number of nitrogens with zero attached hydrogens (tertiary/aromatic N) is 1. The molecular formula is C18H21N3O2S2. The molecule has 1 atom stereocenters. The Morgan fingerprint density at radius 1 is 1.32 bits per heavy atom. The Hall–Kier alpha value is -1.99. The van der Waals surface area contributed by atoms with Gasteiger partial charge in [0.2, 0.25) is 0 Å². The first-order chi connectivity index (χ1) is 12.1. The van der Waals surface area contributed by atoms with Crippen LogP contribution in [0, 0.1) is 0 Å². The van der Waals surface area contributed by atoms with E-state index >= 15 is 0 Å². The van der Waals surface area contributed by atoms with Gasteiger partial charge in [-0.05, 0) is 68.1 Å². The van der Waals surface area contributed by atoms with Crippen LogP contribution in [0.4, 0.5) is 5.00 Å². The Labute approximate surface area is 156 Å². The molecule has 2 heterocycles. The summed E-state index contributed by atoms with van der Waals surface area (Å²) in [6.45, 7) is 2.03. The molecule has 0 fully saturated rings. The van der Waals surface area contributed by atoms with E-state index in [1.807, 2.05) is 19.1 Å². The van der Waals surface area contributed by atoms with Crippen molar-refractivity contribution in [3.63, 3.8) is 0 Å². The second-order valence-corrected chi connectivity index (χ2v) is 7.52. The summed E-state index contributed by atoms with van der Waals surface area (Å²) in [5, 5.41) is 7.73. The number of aryl methyl sites for hydroxylation is 1. The number of nitrogens with one attached hydrogen (secondary N) is 2. The highest BCUT2D eigenvalue weighted by Gasteiger charge is 2.26. The quantitative estimate of drug-likeness (QED) is 0.625. The van der Waals surface area contributed by atoms with Crippen molar-refractivity contribution >= 4 is 39.6 Å². The number of fused-ring (bicyclic) bond motifs is 1. The van der Waals surface area contributed by atoms with Gasteiger partial charge >= 0.3 is 5.97 Å². The summed E-state index contributed by atoms with van der Waals surface area (Å²) in [7, 11) is 1.42. The molecule has 25 heavy (non-hydrogen) atoms. The Morgan fingerprint density at radius 2 is 2.04 bits per heavy atom. The summed E-state index contributed by atoms with van der Waals surface area (Å²) in [6.07, 6.45) is 7.72. The van der Waals surface area contributed by atoms with E-state index in [4.69, 9.17) is 17.0 Å². The number of ether oxygens (including phenoxy) is 1. The largest absolute Gasteiger partial charge is 0.465 e. The summed E-state index contributed by atoms with van der Waals surface area (Å²) in [4.78, 5) is 17.6. The molecule has 2 aromatic rings. The Balaban J connectivity index is 1.77. The SMILES string of the molecule is COC(=O)c1c(NC(=S)N[C@@H](C)c2ccncc2)sc2c1CCCC2. The van der Waals surface area contributed by atoms with E-state index in [0.29, 0.717) is 10.7 Å². The van der Waals surface area contributed by atoms with E-state index in [1.165, 1.54) is 12.0 Å². The zero-order chi connectivity index (χ0) is 17.8. The number of rotatable bonds is 4. The molecule has 1 aliphatic rings. The lowest BCUT2D eigenvalue weighted by Gasteiger charge is -2.17. The van der Waals surface area contributed by atoms with Crippen LogP contribution in [-0.2, 0) is 17.6 Å². The summed E-state index contributed by atoms with van der Waals surface area (Å²) < 4.78 is 4.99. The normalized spacial score (nSPS) is 14.3. The summed E-state index contributed by atoms with van der Waals surface area (Å²) in [5.41, 5.74) is 2.86. The van der Waals surface area contributed by atoms with Gasteiger partial charge in [0.15, 0.2) is 5.11 Å². The third-order valence-electron chi connectivity index (χ3n) is 4.34. The number of carbonyl (C=O) groups excluding carboxylic acids is 1. The number of anilines is 1. The Morgan fingerprint density at radius 3 is 2.76 bits per heavy atom. The molecule has 0 amide bonds. The molecule has 0 bridgehead atoms. The van der Waals surface area contributed by atoms with Crippen LogP contribution in [0.25, 0.3) is 0 Å². The predicted molar refractivity (Wildman–Crippen MR) is 104 cm³/mol. The molecular weight excluding hydrogens is 354 g/mol. The van der Waals surface area contributed by atoms with Crippen LogP contribution in [0.15, 0.2) is 24.5 Å². The van der Waals surface area contributed by atoms with Crippen LogP contribution < -0.4 is 10.6 Å². The van der Waals surface area contributed by atoms with E-state index in [2.05, 4.69) is 15.6 Å². The first-order valence-electron chi connectivity index (χ1n) is 8.30. The highest BCUT2D eigenvalue weighted by atomic mass is 32.1. The second-order valence-electron chi connectivity index (χ2n) is 6.01. The number of thiophene rings is 1. The lowest BCUT2D eigenvalue weighted by atomic mass is 9.95. The van der Waals surface area contributed by atoms with E-state index in [1.54, 1.807) is 23.7 Å². The summed E-state index contributed by atoms with van der Waals surface area (Å²) >= 11 is 7.06. The number of hydrogen-bond acceptors (Lipinski definition) is 5. The van der Waals surface area contributed by atoms with Crippen molar-refractivity contribution in [3.05, 3.63) is 46.1 Å². The number of methoxy groups -OCH3 is 1. The molecule has 5 nitrogen and oxygen atoms in total. The number of aromatic nitrogens is 1. The van der Waals surface area contributed by atoms with Crippen molar-refractivity contribution in [3.8, 4) is 0 Å². The van der Waals surface area contributed by atoms with Gasteiger partial charge in [0.05, 0.1) is 18.7 Å². The van der Waals surface area contributed by atoms with Gasteiger partial charge in [0, 0.05) is 17.3 Å². The van der Waals surface area contributed by atoms with E-state index in [-0.39, 0.29) is 12.0 Å². The summed E-state index contributed by atoms with van der Waals surface area (Å²) in [5.74, 6) is -0.299. The zero-order valence-electron chi connectivity index (χ0n) is 14.3. The molecule has 0 aromatic carbocycles. The van der Waals surface area contributed by atoms with Gasteiger partial charge in [-0.1, -0.05) is 0 Å². The maximum Gasteiger partial charge on any atom is 0.341 e. The number of thiocarbonyl (C=S) groups is 1. The molecule has 0 spiro atoms. The first-order valence-corrected chi connectivity index (χ1v) is 9.53. The Kier molecular flexibility index (Phi) is 5.65. The van der Waals surface area contributed by atoms with Crippen molar-refractivity contribution in [1.82, 2.24) is 10.3 Å². The highest BCUT2D eigenvalue weighted by molar-refractivity contribution is 7.80. The molecule has 1 aliphatic carbocycles. The van der Waals surface area contributed by atoms with E-state index in [9.17, 15) is 4.79 Å². The predicted octanol–water partition coefficient (Wildman–Crippen LogP) is 3.86. The molecule has 3 rings (SSSR count). The summed E-state index contributed by atoms with van der Waals surface area (Å²) in [6, 6.07) is 3.94. The zero-order valence-corrected chi connectivity index (χ0v) is 15.9. The maximum absolute atomic E-state index is 12.3. The lowest BCUT2D eigenvalue weighted by Crippen LogP contribution is -2.31. The van der Waals surface area contributed by atoms with Crippen molar-refractivity contribution in [2.45, 2.75) is 38.6 Å². The van der Waals surface area contributed by atoms with Gasteiger partial charge in [-0.15, -0.1) is 11.3 Å². The smallest absolute Gasteiger partial charge is 0.341 e. The molecule has 2 N–H and O–H groups in total. The van der Waals surface area contributed by atoms with Crippen LogP contribution in [-0.4, -0.2) is 23.2 Å². The van der Waals surface area contributed by atoms with Crippen LogP contribution in [0.2, 0.25) is 0 Å². The van der Waals surface area contributed by atoms with Crippen LogP contribution >= 0.6 is 23.6 Å². The number of hydrogen-bond donors (Lipinski definition) is 2. The van der Waals surface area contributed by atoms with Crippen molar-refractivity contribution in [2.24, 2.45) is 0 Å². The molecule has 0 saturated carbocycles. The lowest BCUT2D eigenvalue weighted by molar-refractivity contribution is 0.0601. The Bertz CT molecular complexity index is 774. The van der Waals surface area contributed by atoms with E-state index in [0.717, 1.165) is 41.8 Å². The van der Waals surface area contributed by atoms with Crippen molar-refractivity contribution < 1.29 is 9.53 Å². The molecule has 132 valence electrons. The van der Waals surface area contributed by atoms with E-state index < -0.39 is 0 Å². The molecule has 0 radical (unpaired) electrons. The van der Waals surface area contributed by atoms with Gasteiger partial charge in [-0.25, -0.2) is 4.79 Å². The third kappa shape index (κ3) is 3.99. The average molecular weight is 376 g/mol. The fraction of sp³-hybridized carbons (Fsp3) is 0.389. The fourth-order valence-electron chi connectivity index (χ4n) is 3.04. The molecule has 2 aromatic heterocycles. The average Bonchev–Trinajstić information content (AvgIpc) is 2.99. The highest BCUT2D eigenvalue weighted by Crippen LogP contribution is 2.38. The minimum Gasteiger partial charge on any atom is -0.465 e. The minimum atomic E-state index is -0.299. The van der Waals surface area contributed by atoms with Crippen LogP contribution in [0.5, 0.6) is 0 Å². The molecule has 0 aliphatic heterocycles. The van der Waals surface area contributed by atoms with Gasteiger partial charge in [0.25, 0.3) is 0 Å². The fourth-order valence-corrected chi connectivity index (χ4v) is 4.67. The van der Waals surface area contributed by atoms with Gasteiger partial charge in [0.1, 0.15) is 5.00 Å². The van der Waals surface area contributed by atoms with Gasteiger partial charge < -0.3 is 15.4 Å². The van der Waals surface area contributed by atoms with Crippen molar-refractivity contribution in [1.29, 1.82) is 0 Å². The molecule has 7 heteroatoms. The second kappa shape index (κ2) is 7.93. The number of esters is 1. The minimum absolute atomic E-state index is 0.0409. The van der Waals surface area contributed by atoms with Gasteiger partial charge in [-0.3, -0.25) is 4.98 Å². The standard InChI is InChI=1S/C18H21N3O2S2/c1-11(12-7-9-19-10-8-12)20-18(24)21-16-15(17(22)23-2)13-5-3-4-6-14(13)25-16/h7-11H,3-6H2,1-2H3,(H2,20,21,24)/t11-/m0/s1. The third-order valence-corrected chi connectivity index (χ3v) is 5.77. The molecule has 0 saturated heterocycles. The number of pyridine rings is 1. The van der Waals surface area contributed by atoms with Gasteiger partial charge in [-0.2, -0.15) is 0 Å².